The number of nitrogens with one attached hydrogen (secondary N) is 1. The Morgan fingerprint density at radius 3 is 2.61 bits per heavy atom. The average Bonchev–Trinajstić information content (AvgIpc) is 2.67. The van der Waals surface area contributed by atoms with Crippen LogP contribution in [0.4, 0.5) is 0 Å². The van der Waals surface area contributed by atoms with Gasteiger partial charge in [-0.3, -0.25) is 4.79 Å². The van der Waals surface area contributed by atoms with Crippen LogP contribution in [0.15, 0.2) is 34.5 Å². The summed E-state index contributed by atoms with van der Waals surface area (Å²) in [5, 5.41) is 11.9. The highest BCUT2D eigenvalue weighted by atomic mass is 35.5. The maximum Gasteiger partial charge on any atom is 0.239 e. The van der Waals surface area contributed by atoms with Crippen molar-refractivity contribution in [3.8, 4) is 0 Å². The second-order valence-electron chi connectivity index (χ2n) is 3.85. The molecule has 6 heteroatoms. The molecule has 94 valence electrons. The van der Waals surface area contributed by atoms with E-state index in [-0.39, 0.29) is 11.2 Å². The molecule has 1 aliphatic rings. The van der Waals surface area contributed by atoms with Crippen molar-refractivity contribution in [2.45, 2.75) is 19.1 Å². The number of benzene rings is 1. The maximum absolute atomic E-state index is 11.3. The highest BCUT2D eigenvalue weighted by Crippen LogP contribution is 2.18. The van der Waals surface area contributed by atoms with Crippen molar-refractivity contribution in [3.63, 3.8) is 0 Å². The lowest BCUT2D eigenvalue weighted by molar-refractivity contribution is -0.118. The molecule has 1 fully saturated rings. The van der Waals surface area contributed by atoms with Crippen molar-refractivity contribution in [1.82, 2.24) is 5.32 Å². The summed E-state index contributed by atoms with van der Waals surface area (Å²) in [4.78, 5) is 11.3. The van der Waals surface area contributed by atoms with Gasteiger partial charge in [0.15, 0.2) is 5.17 Å². The van der Waals surface area contributed by atoms with Crippen molar-refractivity contribution in [3.05, 3.63) is 34.9 Å². The Balaban J connectivity index is 2.12. The SMILES string of the molecule is CC(=NN=C1NC(=O)C(C)S1)c1ccc(Cl)cc1. The summed E-state index contributed by atoms with van der Waals surface area (Å²) in [5.41, 5.74) is 1.72. The van der Waals surface area contributed by atoms with E-state index in [1.54, 1.807) is 12.1 Å². The molecule has 0 saturated carbocycles. The molecule has 0 aromatic heterocycles. The van der Waals surface area contributed by atoms with Crippen LogP contribution in [0.25, 0.3) is 0 Å². The number of amides is 1. The summed E-state index contributed by atoms with van der Waals surface area (Å²) in [6.07, 6.45) is 0. The molecule has 1 saturated heterocycles. The number of thioether (sulfide) groups is 1. The minimum atomic E-state index is -0.102. The molecule has 1 aromatic carbocycles. The minimum Gasteiger partial charge on any atom is -0.303 e. The monoisotopic (exact) mass is 281 g/mol. The third kappa shape index (κ3) is 3.11. The van der Waals surface area contributed by atoms with E-state index in [1.807, 2.05) is 26.0 Å². The molecule has 0 bridgehead atoms. The summed E-state index contributed by atoms with van der Waals surface area (Å²) in [6.45, 7) is 3.69. The largest absolute Gasteiger partial charge is 0.303 e. The molecule has 1 unspecified atom stereocenters. The summed E-state index contributed by atoms with van der Waals surface area (Å²) >= 11 is 7.19. The predicted octanol–water partition coefficient (Wildman–Crippen LogP) is 2.67. The van der Waals surface area contributed by atoms with Gasteiger partial charge in [0, 0.05) is 5.02 Å². The Hall–Kier alpha value is -1.33. The number of rotatable bonds is 2. The molecule has 1 amide bonds. The van der Waals surface area contributed by atoms with Gasteiger partial charge in [0.2, 0.25) is 5.91 Å². The minimum absolute atomic E-state index is 0.0295. The van der Waals surface area contributed by atoms with Gasteiger partial charge in [0.05, 0.1) is 11.0 Å². The van der Waals surface area contributed by atoms with Gasteiger partial charge in [-0.2, -0.15) is 5.10 Å². The summed E-state index contributed by atoms with van der Waals surface area (Å²) < 4.78 is 0. The fraction of sp³-hybridized carbons (Fsp3) is 0.250. The molecular formula is C12H12ClN3OS. The lowest BCUT2D eigenvalue weighted by Crippen LogP contribution is -2.23. The van der Waals surface area contributed by atoms with Gasteiger partial charge >= 0.3 is 0 Å². The lowest BCUT2D eigenvalue weighted by atomic mass is 10.1. The first-order chi connectivity index (χ1) is 8.56. The van der Waals surface area contributed by atoms with Crippen molar-refractivity contribution in [2.75, 3.05) is 0 Å². The smallest absolute Gasteiger partial charge is 0.239 e. The van der Waals surface area contributed by atoms with E-state index in [1.165, 1.54) is 11.8 Å². The van der Waals surface area contributed by atoms with E-state index in [9.17, 15) is 4.79 Å². The van der Waals surface area contributed by atoms with Crippen molar-refractivity contribution in [1.29, 1.82) is 0 Å². The zero-order valence-electron chi connectivity index (χ0n) is 9.98. The number of carbonyl (C=O) groups excluding carboxylic acids is 1. The normalized spacial score (nSPS) is 22.4. The van der Waals surface area contributed by atoms with Crippen LogP contribution in [0.3, 0.4) is 0 Å². The highest BCUT2D eigenvalue weighted by molar-refractivity contribution is 8.15. The first-order valence-corrected chi connectivity index (χ1v) is 6.68. The molecule has 1 atom stereocenters. The average molecular weight is 282 g/mol. The lowest BCUT2D eigenvalue weighted by Gasteiger charge is -1.98. The van der Waals surface area contributed by atoms with E-state index < -0.39 is 0 Å². The van der Waals surface area contributed by atoms with Gasteiger partial charge in [-0.25, -0.2) is 0 Å². The quantitative estimate of drug-likeness (QED) is 0.669. The van der Waals surface area contributed by atoms with Gasteiger partial charge in [-0.1, -0.05) is 35.5 Å². The van der Waals surface area contributed by atoms with Crippen LogP contribution in [-0.2, 0) is 4.79 Å². The molecule has 0 radical (unpaired) electrons. The number of hydrogen-bond donors (Lipinski definition) is 1. The zero-order valence-corrected chi connectivity index (χ0v) is 11.5. The highest BCUT2D eigenvalue weighted by Gasteiger charge is 2.25. The van der Waals surface area contributed by atoms with Crippen molar-refractivity contribution >= 4 is 40.1 Å². The van der Waals surface area contributed by atoms with Gasteiger partial charge in [-0.05, 0) is 31.5 Å². The van der Waals surface area contributed by atoms with E-state index in [2.05, 4.69) is 15.5 Å². The Morgan fingerprint density at radius 2 is 2.06 bits per heavy atom. The summed E-state index contributed by atoms with van der Waals surface area (Å²) in [5.74, 6) is -0.0295. The van der Waals surface area contributed by atoms with E-state index in [4.69, 9.17) is 11.6 Å². The van der Waals surface area contributed by atoms with Gasteiger partial charge in [0.25, 0.3) is 0 Å². The zero-order chi connectivity index (χ0) is 13.1. The van der Waals surface area contributed by atoms with Gasteiger partial charge in [0.1, 0.15) is 0 Å². The van der Waals surface area contributed by atoms with Gasteiger partial charge in [-0.15, -0.1) is 5.10 Å². The molecule has 1 aliphatic heterocycles. The topological polar surface area (TPSA) is 53.8 Å². The number of amidine groups is 1. The molecule has 0 spiro atoms. The number of halogens is 1. The van der Waals surface area contributed by atoms with E-state index in [0.29, 0.717) is 10.2 Å². The van der Waals surface area contributed by atoms with E-state index in [0.717, 1.165) is 11.3 Å². The fourth-order valence-electron chi connectivity index (χ4n) is 1.38. The molecule has 2 rings (SSSR count). The molecular weight excluding hydrogens is 270 g/mol. The molecule has 0 aliphatic carbocycles. The van der Waals surface area contributed by atoms with Crippen LogP contribution in [0.1, 0.15) is 19.4 Å². The number of hydrogen-bond acceptors (Lipinski definition) is 4. The van der Waals surface area contributed by atoms with Crippen molar-refractivity contribution in [2.24, 2.45) is 10.2 Å². The maximum atomic E-state index is 11.3. The second-order valence-corrected chi connectivity index (χ2v) is 5.61. The standard InChI is InChI=1S/C12H12ClN3OS/c1-7(9-3-5-10(13)6-4-9)15-16-12-14-11(17)8(2)18-12/h3-6,8H,1-2H3,(H,14,16,17). The van der Waals surface area contributed by atoms with Crippen LogP contribution in [0.2, 0.25) is 5.02 Å². The van der Waals surface area contributed by atoms with Crippen LogP contribution in [0, 0.1) is 0 Å². The molecule has 1 N–H and O–H groups in total. The fourth-order valence-corrected chi connectivity index (χ4v) is 2.25. The second kappa shape index (κ2) is 5.54. The Labute approximate surface area is 115 Å². The Bertz CT molecular complexity index is 525. The van der Waals surface area contributed by atoms with Crippen molar-refractivity contribution < 1.29 is 4.79 Å². The van der Waals surface area contributed by atoms with Crippen LogP contribution >= 0.6 is 23.4 Å². The number of nitrogens with zero attached hydrogens (tertiary/aromatic N) is 2. The third-order valence-corrected chi connectivity index (χ3v) is 3.67. The summed E-state index contributed by atoms with van der Waals surface area (Å²) in [6, 6.07) is 7.36. The number of carbonyl (C=O) groups is 1. The molecule has 18 heavy (non-hydrogen) atoms. The molecule has 4 nitrogen and oxygen atoms in total. The van der Waals surface area contributed by atoms with Crippen LogP contribution in [-0.4, -0.2) is 22.0 Å². The van der Waals surface area contributed by atoms with Crippen LogP contribution in [0.5, 0.6) is 0 Å². The Kier molecular flexibility index (Phi) is 4.04. The third-order valence-electron chi connectivity index (χ3n) is 2.44. The summed E-state index contributed by atoms with van der Waals surface area (Å²) in [7, 11) is 0. The first kappa shape index (κ1) is 13.1. The molecule has 1 aromatic rings. The first-order valence-electron chi connectivity index (χ1n) is 5.42. The predicted molar refractivity (Wildman–Crippen MR) is 76.3 cm³/mol. The Morgan fingerprint density at radius 1 is 1.39 bits per heavy atom. The van der Waals surface area contributed by atoms with Gasteiger partial charge < -0.3 is 5.32 Å². The molecule has 1 heterocycles. The van der Waals surface area contributed by atoms with E-state index >= 15 is 0 Å². The van der Waals surface area contributed by atoms with Crippen LogP contribution < -0.4 is 5.32 Å².